The van der Waals surface area contributed by atoms with Crippen molar-refractivity contribution in [3.63, 3.8) is 0 Å². The van der Waals surface area contributed by atoms with Gasteiger partial charge in [0.15, 0.2) is 0 Å². The maximum atomic E-state index is 3.59. The zero-order valence-corrected chi connectivity index (χ0v) is 12.3. The molecule has 3 rings (SSSR count). The molecule has 0 radical (unpaired) electrons. The minimum Gasteiger partial charge on any atom is -0.382 e. The molecule has 2 aliphatic rings. The van der Waals surface area contributed by atoms with E-state index < -0.39 is 0 Å². The van der Waals surface area contributed by atoms with Crippen LogP contribution in [0, 0.1) is 5.92 Å². The molecule has 0 spiro atoms. The first-order valence-electron chi connectivity index (χ1n) is 7.90. The van der Waals surface area contributed by atoms with Gasteiger partial charge in [-0.15, -0.1) is 0 Å². The minimum absolute atomic E-state index is 0.623. The van der Waals surface area contributed by atoms with Crippen LogP contribution in [0.2, 0.25) is 0 Å². The van der Waals surface area contributed by atoms with Crippen molar-refractivity contribution in [2.75, 3.05) is 23.3 Å². The van der Waals surface area contributed by atoms with Crippen LogP contribution in [0.3, 0.4) is 0 Å². The molecule has 0 aliphatic carbocycles. The highest BCUT2D eigenvalue weighted by Crippen LogP contribution is 2.31. The van der Waals surface area contributed by atoms with Crippen molar-refractivity contribution in [3.8, 4) is 0 Å². The predicted octanol–water partition coefficient (Wildman–Crippen LogP) is 4.06. The van der Waals surface area contributed by atoms with E-state index in [0.29, 0.717) is 6.04 Å². The third-order valence-corrected chi connectivity index (χ3v) is 4.80. The van der Waals surface area contributed by atoms with E-state index in [4.69, 9.17) is 0 Å². The van der Waals surface area contributed by atoms with E-state index in [1.54, 1.807) is 0 Å². The lowest BCUT2D eigenvalue weighted by molar-refractivity contribution is 0.404. The molecule has 2 nitrogen and oxygen atoms in total. The summed E-state index contributed by atoms with van der Waals surface area (Å²) >= 11 is 0. The molecule has 1 aromatic carbocycles. The Morgan fingerprint density at radius 3 is 3.05 bits per heavy atom. The van der Waals surface area contributed by atoms with Gasteiger partial charge in [-0.3, -0.25) is 0 Å². The van der Waals surface area contributed by atoms with E-state index in [1.807, 2.05) is 0 Å². The lowest BCUT2D eigenvalue weighted by atomic mass is 9.94. The van der Waals surface area contributed by atoms with Gasteiger partial charge in [0.05, 0.1) is 0 Å². The van der Waals surface area contributed by atoms with Gasteiger partial charge in [0, 0.05) is 30.5 Å². The van der Waals surface area contributed by atoms with Gasteiger partial charge < -0.3 is 10.2 Å². The van der Waals surface area contributed by atoms with Gasteiger partial charge >= 0.3 is 0 Å². The van der Waals surface area contributed by atoms with E-state index in [-0.39, 0.29) is 0 Å². The number of aryl methyl sites for hydroxylation is 1. The van der Waals surface area contributed by atoms with E-state index >= 15 is 0 Å². The number of nitrogens with zero attached hydrogens (tertiary/aromatic N) is 1. The number of piperidine rings is 1. The molecule has 0 amide bonds. The Balaban J connectivity index is 1.78. The molecule has 2 unspecified atom stereocenters. The average molecular weight is 258 g/mol. The number of anilines is 2. The molecular formula is C17H26N2. The van der Waals surface area contributed by atoms with Crippen LogP contribution in [0.25, 0.3) is 0 Å². The maximum Gasteiger partial charge on any atom is 0.0376 e. The molecule has 0 saturated carbocycles. The Kier molecular flexibility index (Phi) is 3.67. The van der Waals surface area contributed by atoms with Crippen LogP contribution in [-0.4, -0.2) is 19.1 Å². The molecular weight excluding hydrogens is 232 g/mol. The second-order valence-corrected chi connectivity index (χ2v) is 6.29. The van der Waals surface area contributed by atoms with Gasteiger partial charge in [0.1, 0.15) is 0 Å². The Bertz CT molecular complexity index is 441. The Morgan fingerprint density at radius 1 is 1.32 bits per heavy atom. The SMILES string of the molecule is CCC1CCCN(c2ccc3c(c2)CCC(C)N3)C1. The van der Waals surface area contributed by atoms with Gasteiger partial charge in [0.2, 0.25) is 0 Å². The van der Waals surface area contributed by atoms with Crippen molar-refractivity contribution < 1.29 is 0 Å². The monoisotopic (exact) mass is 258 g/mol. The standard InChI is InChI=1S/C17H26N2/c1-3-14-5-4-10-19(12-14)16-8-9-17-15(11-16)7-6-13(2)18-17/h8-9,11,13-14,18H,3-7,10,12H2,1-2H3. The largest absolute Gasteiger partial charge is 0.382 e. The summed E-state index contributed by atoms with van der Waals surface area (Å²) in [4.78, 5) is 2.59. The van der Waals surface area contributed by atoms with Crippen LogP contribution >= 0.6 is 0 Å². The first-order valence-corrected chi connectivity index (χ1v) is 7.90. The number of benzene rings is 1. The summed E-state index contributed by atoms with van der Waals surface area (Å²) in [5.74, 6) is 0.892. The first kappa shape index (κ1) is 12.8. The molecule has 1 fully saturated rings. The van der Waals surface area contributed by atoms with Gasteiger partial charge in [0.25, 0.3) is 0 Å². The van der Waals surface area contributed by atoms with Crippen LogP contribution in [-0.2, 0) is 6.42 Å². The fourth-order valence-electron chi connectivity index (χ4n) is 3.47. The topological polar surface area (TPSA) is 15.3 Å². The molecule has 0 aromatic heterocycles. The fraction of sp³-hybridized carbons (Fsp3) is 0.647. The van der Waals surface area contributed by atoms with Crippen molar-refractivity contribution in [3.05, 3.63) is 23.8 Å². The van der Waals surface area contributed by atoms with Crippen LogP contribution in [0.4, 0.5) is 11.4 Å². The third-order valence-electron chi connectivity index (χ3n) is 4.80. The van der Waals surface area contributed by atoms with Gasteiger partial charge in [-0.05, 0) is 62.3 Å². The summed E-state index contributed by atoms with van der Waals surface area (Å²) in [7, 11) is 0. The molecule has 1 saturated heterocycles. The highest BCUT2D eigenvalue weighted by atomic mass is 15.1. The lowest BCUT2D eigenvalue weighted by Gasteiger charge is -2.35. The fourth-order valence-corrected chi connectivity index (χ4v) is 3.47. The molecule has 0 bridgehead atoms. The Labute approximate surface area is 117 Å². The highest BCUT2D eigenvalue weighted by Gasteiger charge is 2.20. The van der Waals surface area contributed by atoms with Gasteiger partial charge in [-0.2, -0.15) is 0 Å². The number of hydrogen-bond acceptors (Lipinski definition) is 2. The van der Waals surface area contributed by atoms with Crippen molar-refractivity contribution >= 4 is 11.4 Å². The summed E-state index contributed by atoms with van der Waals surface area (Å²) in [6, 6.07) is 7.64. The third kappa shape index (κ3) is 2.72. The van der Waals surface area contributed by atoms with Crippen LogP contribution in [0.5, 0.6) is 0 Å². The summed E-state index contributed by atoms with van der Waals surface area (Å²) in [5.41, 5.74) is 4.30. The van der Waals surface area contributed by atoms with Crippen LogP contribution < -0.4 is 10.2 Å². The maximum absolute atomic E-state index is 3.59. The van der Waals surface area contributed by atoms with E-state index in [9.17, 15) is 0 Å². The minimum atomic E-state index is 0.623. The Morgan fingerprint density at radius 2 is 2.21 bits per heavy atom. The summed E-state index contributed by atoms with van der Waals surface area (Å²) in [6.45, 7) is 7.08. The van der Waals surface area contributed by atoms with Crippen molar-refractivity contribution in [1.29, 1.82) is 0 Å². The van der Waals surface area contributed by atoms with Crippen molar-refractivity contribution in [1.82, 2.24) is 0 Å². The summed E-state index contributed by atoms with van der Waals surface area (Å²) in [6.07, 6.45) is 6.57. The normalized spacial score (nSPS) is 26.7. The van der Waals surface area contributed by atoms with E-state index in [2.05, 4.69) is 42.3 Å². The van der Waals surface area contributed by atoms with Gasteiger partial charge in [-0.25, -0.2) is 0 Å². The number of hydrogen-bond donors (Lipinski definition) is 1. The van der Waals surface area contributed by atoms with E-state index in [1.165, 1.54) is 62.1 Å². The first-order chi connectivity index (χ1) is 9.26. The lowest BCUT2D eigenvalue weighted by Crippen LogP contribution is -2.35. The van der Waals surface area contributed by atoms with Crippen LogP contribution in [0.15, 0.2) is 18.2 Å². The zero-order valence-electron chi connectivity index (χ0n) is 12.3. The molecule has 1 aromatic rings. The quantitative estimate of drug-likeness (QED) is 0.860. The van der Waals surface area contributed by atoms with Crippen molar-refractivity contribution in [2.24, 2.45) is 5.92 Å². The van der Waals surface area contributed by atoms with Crippen molar-refractivity contribution in [2.45, 2.75) is 52.0 Å². The average Bonchev–Trinajstić information content (AvgIpc) is 2.46. The zero-order chi connectivity index (χ0) is 13.2. The molecule has 19 heavy (non-hydrogen) atoms. The molecule has 2 heterocycles. The highest BCUT2D eigenvalue weighted by molar-refractivity contribution is 5.62. The van der Waals surface area contributed by atoms with Gasteiger partial charge in [-0.1, -0.05) is 13.3 Å². The van der Waals surface area contributed by atoms with Crippen LogP contribution in [0.1, 0.15) is 45.1 Å². The Hall–Kier alpha value is -1.18. The number of fused-ring (bicyclic) bond motifs is 1. The smallest absolute Gasteiger partial charge is 0.0376 e. The second kappa shape index (κ2) is 5.44. The predicted molar refractivity (Wildman–Crippen MR) is 83.1 cm³/mol. The molecule has 2 heteroatoms. The van der Waals surface area contributed by atoms with E-state index in [0.717, 1.165) is 5.92 Å². The molecule has 2 atom stereocenters. The summed E-state index contributed by atoms with van der Waals surface area (Å²) < 4.78 is 0. The molecule has 1 N–H and O–H groups in total. The molecule has 104 valence electrons. The molecule has 2 aliphatic heterocycles. The number of rotatable bonds is 2. The summed E-state index contributed by atoms with van der Waals surface area (Å²) in [5, 5.41) is 3.59. The second-order valence-electron chi connectivity index (χ2n) is 6.29. The number of nitrogens with one attached hydrogen (secondary N) is 1.